The molecular formula is C15H11Cl3O. The van der Waals surface area contributed by atoms with Crippen molar-refractivity contribution in [3.05, 3.63) is 59.2 Å². The molecule has 0 aromatic heterocycles. The fourth-order valence-electron chi connectivity index (χ4n) is 2.52. The lowest BCUT2D eigenvalue weighted by Crippen LogP contribution is -2.09. The van der Waals surface area contributed by atoms with Gasteiger partial charge >= 0.3 is 0 Å². The van der Waals surface area contributed by atoms with E-state index in [1.807, 2.05) is 12.1 Å². The van der Waals surface area contributed by atoms with Gasteiger partial charge in [-0.05, 0) is 34.2 Å². The number of fused-ring (bicyclic) bond motifs is 3. The fraction of sp³-hybridized carbons (Fsp3) is 0.200. The summed E-state index contributed by atoms with van der Waals surface area (Å²) in [4.78, 5) is 0. The summed E-state index contributed by atoms with van der Waals surface area (Å²) in [6, 6.07) is 14.6. The van der Waals surface area contributed by atoms with E-state index in [9.17, 15) is 0 Å². The lowest BCUT2D eigenvalue weighted by Gasteiger charge is -2.14. The zero-order valence-corrected chi connectivity index (χ0v) is 12.3. The van der Waals surface area contributed by atoms with Crippen molar-refractivity contribution < 1.29 is 4.74 Å². The lowest BCUT2D eigenvalue weighted by molar-refractivity contribution is 0.116. The van der Waals surface area contributed by atoms with E-state index >= 15 is 0 Å². The molecule has 2 aromatic rings. The van der Waals surface area contributed by atoms with Crippen LogP contribution in [0.2, 0.25) is 0 Å². The molecule has 0 saturated carbocycles. The standard InChI is InChI=1S/C15H11Cl3O/c16-15(17,18)19-9-11-5-3-7-13-12-6-2-1-4-10(12)8-14(11)13/h1-7H,8-9H2. The molecular weight excluding hydrogens is 303 g/mol. The Morgan fingerprint density at radius 3 is 2.47 bits per heavy atom. The molecule has 98 valence electrons. The molecule has 3 rings (SSSR count). The Morgan fingerprint density at radius 1 is 0.947 bits per heavy atom. The van der Waals surface area contributed by atoms with Gasteiger partial charge in [-0.2, -0.15) is 0 Å². The van der Waals surface area contributed by atoms with E-state index in [1.54, 1.807) is 0 Å². The topological polar surface area (TPSA) is 9.23 Å². The van der Waals surface area contributed by atoms with Crippen molar-refractivity contribution >= 4 is 34.8 Å². The maximum Gasteiger partial charge on any atom is 0.297 e. The Bertz CT molecular complexity index is 617. The molecule has 0 radical (unpaired) electrons. The molecule has 0 unspecified atom stereocenters. The average Bonchev–Trinajstić information content (AvgIpc) is 2.74. The largest absolute Gasteiger partial charge is 0.330 e. The van der Waals surface area contributed by atoms with Crippen molar-refractivity contribution in [2.24, 2.45) is 0 Å². The highest BCUT2D eigenvalue weighted by Crippen LogP contribution is 2.39. The summed E-state index contributed by atoms with van der Waals surface area (Å²) < 4.78 is 3.56. The second kappa shape index (κ2) is 4.99. The van der Waals surface area contributed by atoms with Gasteiger partial charge in [-0.15, -0.1) is 0 Å². The summed E-state index contributed by atoms with van der Waals surface area (Å²) in [5.74, 6) is 0. The summed E-state index contributed by atoms with van der Waals surface area (Å²) in [6.07, 6.45) is 0.908. The average molecular weight is 314 g/mol. The number of hydrogen-bond acceptors (Lipinski definition) is 1. The van der Waals surface area contributed by atoms with Crippen LogP contribution in [0.4, 0.5) is 0 Å². The first-order chi connectivity index (χ1) is 9.04. The number of hydrogen-bond donors (Lipinski definition) is 0. The van der Waals surface area contributed by atoms with Crippen LogP contribution in [0, 0.1) is 0 Å². The zero-order valence-electron chi connectivity index (χ0n) is 10.00. The Balaban J connectivity index is 1.95. The van der Waals surface area contributed by atoms with E-state index < -0.39 is 3.98 Å². The summed E-state index contributed by atoms with van der Waals surface area (Å²) >= 11 is 16.9. The summed E-state index contributed by atoms with van der Waals surface area (Å²) in [6.45, 7) is 0.299. The van der Waals surface area contributed by atoms with Crippen LogP contribution in [0.1, 0.15) is 16.7 Å². The van der Waals surface area contributed by atoms with Crippen LogP contribution < -0.4 is 0 Å². The monoisotopic (exact) mass is 312 g/mol. The minimum Gasteiger partial charge on any atom is -0.330 e. The van der Waals surface area contributed by atoms with E-state index in [0.29, 0.717) is 6.61 Å². The first-order valence-electron chi connectivity index (χ1n) is 5.94. The van der Waals surface area contributed by atoms with Gasteiger partial charge in [0, 0.05) is 0 Å². The molecule has 1 aliphatic carbocycles. The predicted molar refractivity (Wildman–Crippen MR) is 79.8 cm³/mol. The van der Waals surface area contributed by atoms with Gasteiger partial charge in [-0.3, -0.25) is 0 Å². The van der Waals surface area contributed by atoms with Crippen LogP contribution in [0.3, 0.4) is 0 Å². The maximum atomic E-state index is 5.63. The molecule has 1 aliphatic rings. The van der Waals surface area contributed by atoms with Crippen molar-refractivity contribution in [2.45, 2.75) is 17.0 Å². The zero-order chi connectivity index (χ0) is 13.5. The van der Waals surface area contributed by atoms with Gasteiger partial charge in [-0.25, -0.2) is 0 Å². The minimum absolute atomic E-state index is 0.299. The minimum atomic E-state index is -1.67. The summed E-state index contributed by atoms with van der Waals surface area (Å²) in [5, 5.41) is 0. The van der Waals surface area contributed by atoms with Crippen LogP contribution in [0.25, 0.3) is 11.1 Å². The maximum absolute atomic E-state index is 5.63. The van der Waals surface area contributed by atoms with Gasteiger partial charge in [0.1, 0.15) is 0 Å². The Hall–Kier alpha value is -0.730. The van der Waals surface area contributed by atoms with Crippen LogP contribution >= 0.6 is 34.8 Å². The molecule has 19 heavy (non-hydrogen) atoms. The van der Waals surface area contributed by atoms with Gasteiger partial charge in [-0.1, -0.05) is 77.3 Å². The van der Waals surface area contributed by atoms with Crippen molar-refractivity contribution in [1.82, 2.24) is 0 Å². The second-order valence-corrected chi connectivity index (χ2v) is 6.69. The molecule has 0 amide bonds. The number of rotatable bonds is 2. The molecule has 0 spiro atoms. The molecule has 0 saturated heterocycles. The molecule has 0 aliphatic heterocycles. The number of alkyl halides is 3. The Labute approximate surface area is 127 Å². The molecule has 1 nitrogen and oxygen atoms in total. The normalized spacial score (nSPS) is 13.2. The molecule has 0 bridgehead atoms. The highest BCUT2D eigenvalue weighted by molar-refractivity contribution is 6.66. The van der Waals surface area contributed by atoms with E-state index in [4.69, 9.17) is 39.5 Å². The lowest BCUT2D eigenvalue weighted by atomic mass is 10.0. The van der Waals surface area contributed by atoms with E-state index in [2.05, 4.69) is 30.3 Å². The predicted octanol–water partition coefficient (Wildman–Crippen LogP) is 5.10. The van der Waals surface area contributed by atoms with Gasteiger partial charge < -0.3 is 4.74 Å². The third-order valence-electron chi connectivity index (χ3n) is 3.34. The van der Waals surface area contributed by atoms with E-state index in [0.717, 1.165) is 12.0 Å². The van der Waals surface area contributed by atoms with Gasteiger partial charge in [0.15, 0.2) is 0 Å². The molecule has 0 fully saturated rings. The van der Waals surface area contributed by atoms with Crippen LogP contribution in [0.5, 0.6) is 0 Å². The summed E-state index contributed by atoms with van der Waals surface area (Å²) in [5.41, 5.74) is 6.20. The van der Waals surface area contributed by atoms with Crippen molar-refractivity contribution in [3.8, 4) is 11.1 Å². The molecule has 4 heteroatoms. The highest BCUT2D eigenvalue weighted by Gasteiger charge is 2.24. The quantitative estimate of drug-likeness (QED) is 0.598. The highest BCUT2D eigenvalue weighted by atomic mass is 35.6. The fourth-order valence-corrected chi connectivity index (χ4v) is 2.68. The van der Waals surface area contributed by atoms with E-state index in [1.165, 1.54) is 22.3 Å². The molecule has 0 heterocycles. The first-order valence-corrected chi connectivity index (χ1v) is 7.08. The Kier molecular flexibility index (Phi) is 3.48. The van der Waals surface area contributed by atoms with Crippen molar-refractivity contribution in [2.75, 3.05) is 0 Å². The van der Waals surface area contributed by atoms with Gasteiger partial charge in [0.2, 0.25) is 0 Å². The summed E-state index contributed by atoms with van der Waals surface area (Å²) in [7, 11) is 0. The first kappa shape index (κ1) is 13.3. The molecule has 0 N–H and O–H groups in total. The van der Waals surface area contributed by atoms with Crippen LogP contribution in [-0.2, 0) is 17.8 Å². The van der Waals surface area contributed by atoms with E-state index in [-0.39, 0.29) is 0 Å². The molecule has 0 atom stereocenters. The third kappa shape index (κ3) is 2.75. The number of ether oxygens (including phenoxy) is 1. The van der Waals surface area contributed by atoms with Crippen molar-refractivity contribution in [3.63, 3.8) is 0 Å². The third-order valence-corrected chi connectivity index (χ3v) is 3.67. The second-order valence-electron chi connectivity index (χ2n) is 4.51. The SMILES string of the molecule is ClC(Cl)(Cl)OCc1cccc2c1Cc1ccccc1-2. The smallest absolute Gasteiger partial charge is 0.297 e. The van der Waals surface area contributed by atoms with Gasteiger partial charge in [0.05, 0.1) is 6.61 Å². The number of halogens is 3. The van der Waals surface area contributed by atoms with Crippen LogP contribution in [-0.4, -0.2) is 3.98 Å². The van der Waals surface area contributed by atoms with Gasteiger partial charge in [0.25, 0.3) is 3.98 Å². The Morgan fingerprint density at radius 2 is 1.68 bits per heavy atom. The van der Waals surface area contributed by atoms with Crippen LogP contribution in [0.15, 0.2) is 42.5 Å². The van der Waals surface area contributed by atoms with Crippen molar-refractivity contribution in [1.29, 1.82) is 0 Å². The number of benzene rings is 2. The molecule has 2 aromatic carbocycles.